The molecule has 0 spiro atoms. The molecule has 2 aliphatic rings. The SMILES string of the molecule is Cc1c(CC(=O)NC(C)C2CC2)c2c(n1Cc1ccccc1F)CCCC2=O. The first kappa shape index (κ1) is 18.9. The summed E-state index contributed by atoms with van der Waals surface area (Å²) in [6.45, 7) is 4.37. The van der Waals surface area contributed by atoms with Gasteiger partial charge in [-0.25, -0.2) is 4.39 Å². The fourth-order valence-electron chi connectivity index (χ4n) is 4.39. The second-order valence-electron chi connectivity index (χ2n) is 8.21. The molecular formula is C23H27FN2O2. The second kappa shape index (κ2) is 7.53. The predicted molar refractivity (Wildman–Crippen MR) is 106 cm³/mol. The van der Waals surface area contributed by atoms with Crippen LogP contribution in [0.1, 0.15) is 65.5 Å². The van der Waals surface area contributed by atoms with E-state index in [1.807, 2.05) is 24.5 Å². The molecule has 2 aromatic rings. The van der Waals surface area contributed by atoms with Gasteiger partial charge in [0.15, 0.2) is 5.78 Å². The van der Waals surface area contributed by atoms with E-state index < -0.39 is 0 Å². The van der Waals surface area contributed by atoms with Gasteiger partial charge in [-0.3, -0.25) is 9.59 Å². The Morgan fingerprint density at radius 3 is 2.75 bits per heavy atom. The first-order valence-corrected chi connectivity index (χ1v) is 10.2. The molecule has 4 rings (SSSR count). The summed E-state index contributed by atoms with van der Waals surface area (Å²) in [5, 5.41) is 3.09. The van der Waals surface area contributed by atoms with Gasteiger partial charge < -0.3 is 9.88 Å². The van der Waals surface area contributed by atoms with Crippen LogP contribution in [0.3, 0.4) is 0 Å². The third-order valence-corrected chi connectivity index (χ3v) is 6.20. The maximum atomic E-state index is 14.2. The molecule has 1 aromatic carbocycles. The monoisotopic (exact) mass is 382 g/mol. The highest BCUT2D eigenvalue weighted by atomic mass is 19.1. The molecule has 1 heterocycles. The van der Waals surface area contributed by atoms with Gasteiger partial charge in [-0.2, -0.15) is 0 Å². The molecule has 28 heavy (non-hydrogen) atoms. The Hall–Kier alpha value is -2.43. The molecule has 148 valence electrons. The fraction of sp³-hybridized carbons (Fsp3) is 0.478. The number of nitrogens with one attached hydrogen (secondary N) is 1. The number of benzene rings is 1. The Morgan fingerprint density at radius 2 is 2.04 bits per heavy atom. The Morgan fingerprint density at radius 1 is 1.29 bits per heavy atom. The molecule has 0 bridgehead atoms. The van der Waals surface area contributed by atoms with Crippen molar-refractivity contribution in [1.29, 1.82) is 0 Å². The summed E-state index contributed by atoms with van der Waals surface area (Å²) in [7, 11) is 0. The summed E-state index contributed by atoms with van der Waals surface area (Å²) >= 11 is 0. The number of carbonyl (C=O) groups excluding carboxylic acids is 2. The molecule has 5 heteroatoms. The van der Waals surface area contributed by atoms with Crippen LogP contribution in [0.4, 0.5) is 4.39 Å². The minimum Gasteiger partial charge on any atom is -0.353 e. The zero-order valence-electron chi connectivity index (χ0n) is 16.6. The van der Waals surface area contributed by atoms with Crippen molar-refractivity contribution in [2.75, 3.05) is 0 Å². The number of rotatable bonds is 6. The lowest BCUT2D eigenvalue weighted by Gasteiger charge is -2.16. The predicted octanol–water partition coefficient (Wildman–Crippen LogP) is 3.96. The van der Waals surface area contributed by atoms with Crippen LogP contribution < -0.4 is 5.32 Å². The Balaban J connectivity index is 1.66. The van der Waals surface area contributed by atoms with E-state index in [1.54, 1.807) is 12.1 Å². The highest BCUT2D eigenvalue weighted by Crippen LogP contribution is 2.33. The molecule has 0 saturated heterocycles. The quantitative estimate of drug-likeness (QED) is 0.822. The lowest BCUT2D eigenvalue weighted by molar-refractivity contribution is -0.121. The summed E-state index contributed by atoms with van der Waals surface area (Å²) in [5.41, 5.74) is 3.97. The molecule has 1 aromatic heterocycles. The van der Waals surface area contributed by atoms with Gasteiger partial charge in [0.05, 0.1) is 13.0 Å². The smallest absolute Gasteiger partial charge is 0.224 e. The zero-order chi connectivity index (χ0) is 19.8. The number of aromatic nitrogens is 1. The summed E-state index contributed by atoms with van der Waals surface area (Å²) in [5.74, 6) is 0.414. The van der Waals surface area contributed by atoms with E-state index in [0.29, 0.717) is 30.0 Å². The number of hydrogen-bond acceptors (Lipinski definition) is 2. The van der Waals surface area contributed by atoms with E-state index in [-0.39, 0.29) is 30.0 Å². The number of Topliss-reactive ketones (excluding diaryl/α,β-unsaturated/α-hetero) is 1. The second-order valence-corrected chi connectivity index (χ2v) is 8.21. The Bertz CT molecular complexity index is 927. The van der Waals surface area contributed by atoms with E-state index in [4.69, 9.17) is 0 Å². The molecule has 4 nitrogen and oxygen atoms in total. The van der Waals surface area contributed by atoms with Gasteiger partial charge in [-0.15, -0.1) is 0 Å². The first-order chi connectivity index (χ1) is 13.5. The van der Waals surface area contributed by atoms with Gasteiger partial charge in [0.25, 0.3) is 0 Å². The molecule has 2 aliphatic carbocycles. The number of carbonyl (C=O) groups is 2. The van der Waals surface area contributed by atoms with Gasteiger partial charge in [-0.05, 0) is 57.1 Å². The van der Waals surface area contributed by atoms with E-state index >= 15 is 0 Å². The van der Waals surface area contributed by atoms with Crippen LogP contribution in [0, 0.1) is 18.7 Å². The van der Waals surface area contributed by atoms with Crippen LogP contribution in [-0.2, 0) is 24.2 Å². The maximum absolute atomic E-state index is 14.2. The minimum atomic E-state index is -0.246. The van der Waals surface area contributed by atoms with Gasteiger partial charge in [0.2, 0.25) is 5.91 Å². The third kappa shape index (κ3) is 3.62. The van der Waals surface area contributed by atoms with E-state index in [2.05, 4.69) is 5.32 Å². The highest BCUT2D eigenvalue weighted by Gasteiger charge is 2.31. The van der Waals surface area contributed by atoms with Crippen molar-refractivity contribution in [2.24, 2.45) is 5.92 Å². The van der Waals surface area contributed by atoms with Crippen molar-refractivity contribution < 1.29 is 14.0 Å². The van der Waals surface area contributed by atoms with Gasteiger partial charge >= 0.3 is 0 Å². The van der Waals surface area contributed by atoms with E-state index in [9.17, 15) is 14.0 Å². The normalized spacial score (nSPS) is 17.3. The van der Waals surface area contributed by atoms with Gasteiger partial charge in [0.1, 0.15) is 5.82 Å². The topological polar surface area (TPSA) is 51.1 Å². The summed E-state index contributed by atoms with van der Waals surface area (Å²) < 4.78 is 16.3. The summed E-state index contributed by atoms with van der Waals surface area (Å²) in [4.78, 5) is 25.3. The van der Waals surface area contributed by atoms with Crippen LogP contribution in [0.5, 0.6) is 0 Å². The molecule has 1 fully saturated rings. The standard InChI is InChI=1S/C23H27FN2O2/c1-14(16-10-11-16)25-22(28)12-18-15(2)26(13-17-6-3-4-7-19(17)24)20-8-5-9-21(27)23(18)20/h3-4,6-7,14,16H,5,8-13H2,1-2H3,(H,25,28). The molecule has 1 N–H and O–H groups in total. The molecule has 1 atom stereocenters. The first-order valence-electron chi connectivity index (χ1n) is 10.2. The molecule has 0 aliphatic heterocycles. The molecule has 1 amide bonds. The number of ketones is 1. The lowest BCUT2D eigenvalue weighted by atomic mass is 9.92. The maximum Gasteiger partial charge on any atom is 0.224 e. The number of halogens is 1. The van der Waals surface area contributed by atoms with Crippen molar-refractivity contribution >= 4 is 11.7 Å². The van der Waals surface area contributed by atoms with Crippen LogP contribution in [0.25, 0.3) is 0 Å². The average molecular weight is 382 g/mol. The van der Waals surface area contributed by atoms with Crippen molar-refractivity contribution in [3.8, 4) is 0 Å². The Kier molecular flexibility index (Phi) is 5.09. The average Bonchev–Trinajstić information content (AvgIpc) is 3.47. The number of amides is 1. The van der Waals surface area contributed by atoms with Crippen molar-refractivity contribution in [3.05, 3.63) is 58.2 Å². The van der Waals surface area contributed by atoms with Crippen LogP contribution in [0.2, 0.25) is 0 Å². The molecule has 1 unspecified atom stereocenters. The molecular weight excluding hydrogens is 355 g/mol. The van der Waals surface area contributed by atoms with Crippen molar-refractivity contribution in [3.63, 3.8) is 0 Å². The van der Waals surface area contributed by atoms with Crippen LogP contribution >= 0.6 is 0 Å². The highest BCUT2D eigenvalue weighted by molar-refractivity contribution is 6.01. The molecule has 1 saturated carbocycles. The fourth-order valence-corrected chi connectivity index (χ4v) is 4.39. The summed E-state index contributed by atoms with van der Waals surface area (Å²) in [6, 6.07) is 6.91. The third-order valence-electron chi connectivity index (χ3n) is 6.20. The number of hydrogen-bond donors (Lipinski definition) is 1. The zero-order valence-corrected chi connectivity index (χ0v) is 16.6. The number of fused-ring (bicyclic) bond motifs is 1. The Labute approximate surface area is 165 Å². The van der Waals surface area contributed by atoms with Crippen LogP contribution in [-0.4, -0.2) is 22.3 Å². The van der Waals surface area contributed by atoms with Gasteiger partial charge in [-0.1, -0.05) is 18.2 Å². The number of nitrogens with zero attached hydrogens (tertiary/aromatic N) is 1. The lowest BCUT2D eigenvalue weighted by Crippen LogP contribution is -2.35. The van der Waals surface area contributed by atoms with Crippen LogP contribution in [0.15, 0.2) is 24.3 Å². The van der Waals surface area contributed by atoms with Gasteiger partial charge in [0, 0.05) is 35.0 Å². The van der Waals surface area contributed by atoms with E-state index in [1.165, 1.54) is 18.9 Å². The molecule has 0 radical (unpaired) electrons. The minimum absolute atomic E-state index is 0.0354. The van der Waals surface area contributed by atoms with Crippen molar-refractivity contribution in [2.45, 2.75) is 65.0 Å². The summed E-state index contributed by atoms with van der Waals surface area (Å²) in [6.07, 6.45) is 4.67. The largest absolute Gasteiger partial charge is 0.353 e. The van der Waals surface area contributed by atoms with E-state index in [0.717, 1.165) is 29.8 Å². The van der Waals surface area contributed by atoms with Crippen molar-refractivity contribution in [1.82, 2.24) is 9.88 Å².